The zero-order valence-corrected chi connectivity index (χ0v) is 19.7. The van der Waals surface area contributed by atoms with E-state index < -0.39 is 0 Å². The van der Waals surface area contributed by atoms with E-state index in [0.29, 0.717) is 13.2 Å². The predicted molar refractivity (Wildman–Crippen MR) is 128 cm³/mol. The average molecular weight is 504 g/mol. The Hall–Kier alpha value is -1.06. The molecule has 1 heterocycles. The second-order valence-corrected chi connectivity index (χ2v) is 7.36. The fourth-order valence-electron chi connectivity index (χ4n) is 3.37. The molecule has 1 aromatic rings. The molecule has 3 N–H and O–H groups in total. The van der Waals surface area contributed by atoms with Gasteiger partial charge in [0.2, 0.25) is 0 Å². The summed E-state index contributed by atoms with van der Waals surface area (Å²) in [6.45, 7) is 7.21. The van der Waals surface area contributed by atoms with Gasteiger partial charge in [-0.3, -0.25) is 4.99 Å². The first-order valence-electron chi connectivity index (χ1n) is 10.2. The van der Waals surface area contributed by atoms with Gasteiger partial charge < -0.3 is 25.4 Å². The Balaban J connectivity index is 0.00000392. The molecule has 0 amide bonds. The van der Waals surface area contributed by atoms with Gasteiger partial charge in [0.05, 0.1) is 13.2 Å². The number of para-hydroxylation sites is 1. The van der Waals surface area contributed by atoms with E-state index in [9.17, 15) is 5.11 Å². The van der Waals surface area contributed by atoms with Gasteiger partial charge in [0.25, 0.3) is 0 Å². The number of aliphatic hydroxyl groups excluding tert-OH is 1. The minimum Gasteiger partial charge on any atom is -0.396 e. The van der Waals surface area contributed by atoms with Gasteiger partial charge in [-0.05, 0) is 44.7 Å². The number of halogens is 1. The normalized spacial score (nSPS) is 19.2. The number of aliphatic imine (C=N–C) groups is 1. The molecule has 1 aromatic carbocycles. The van der Waals surface area contributed by atoms with Crippen molar-refractivity contribution in [1.29, 1.82) is 0 Å². The lowest BCUT2D eigenvalue weighted by Crippen LogP contribution is -2.39. The number of unbranched alkanes of at least 4 members (excludes halogenated alkanes) is 1. The van der Waals surface area contributed by atoms with Gasteiger partial charge in [-0.2, -0.15) is 0 Å². The number of anilines is 1. The summed E-state index contributed by atoms with van der Waals surface area (Å²) >= 11 is 0. The van der Waals surface area contributed by atoms with E-state index in [1.165, 1.54) is 5.69 Å². The fourth-order valence-corrected chi connectivity index (χ4v) is 3.37. The quantitative estimate of drug-likeness (QED) is 0.187. The third-order valence-corrected chi connectivity index (χ3v) is 5.15. The monoisotopic (exact) mass is 504 g/mol. The number of hydrogen-bond acceptors (Lipinski definition) is 4. The van der Waals surface area contributed by atoms with Crippen LogP contribution in [0.5, 0.6) is 0 Å². The Morgan fingerprint density at radius 2 is 2.04 bits per heavy atom. The second-order valence-electron chi connectivity index (χ2n) is 7.36. The number of ether oxygens (including phenoxy) is 1. The van der Waals surface area contributed by atoms with Crippen LogP contribution in [-0.2, 0) is 4.74 Å². The SMILES string of the molecule is CCNC(=NCC1(CCO)CCOC1)NCCCCN(C)c1ccccc1.I. The summed E-state index contributed by atoms with van der Waals surface area (Å²) in [5.41, 5.74) is 1.25. The molecule has 1 saturated heterocycles. The van der Waals surface area contributed by atoms with Gasteiger partial charge in [0.1, 0.15) is 0 Å². The highest BCUT2D eigenvalue weighted by molar-refractivity contribution is 14.0. The summed E-state index contributed by atoms with van der Waals surface area (Å²) in [5, 5.41) is 16.1. The molecular formula is C21H37IN4O2. The summed E-state index contributed by atoms with van der Waals surface area (Å²) < 4.78 is 5.55. The maximum Gasteiger partial charge on any atom is 0.191 e. The minimum atomic E-state index is -0.00447. The van der Waals surface area contributed by atoms with E-state index >= 15 is 0 Å². The van der Waals surface area contributed by atoms with Crippen molar-refractivity contribution in [2.75, 3.05) is 57.9 Å². The Morgan fingerprint density at radius 3 is 2.68 bits per heavy atom. The molecule has 1 aliphatic rings. The number of guanidine groups is 1. The lowest BCUT2D eigenvalue weighted by molar-refractivity contribution is 0.131. The van der Waals surface area contributed by atoms with Crippen LogP contribution in [0.1, 0.15) is 32.6 Å². The molecule has 0 aromatic heterocycles. The highest BCUT2D eigenvalue weighted by Crippen LogP contribution is 2.32. The number of benzene rings is 1. The fraction of sp³-hybridized carbons (Fsp3) is 0.667. The highest BCUT2D eigenvalue weighted by atomic mass is 127. The van der Waals surface area contributed by atoms with Crippen molar-refractivity contribution in [3.63, 3.8) is 0 Å². The van der Waals surface area contributed by atoms with E-state index in [0.717, 1.165) is 57.9 Å². The van der Waals surface area contributed by atoms with Crippen LogP contribution in [0.4, 0.5) is 5.69 Å². The number of hydrogen-bond donors (Lipinski definition) is 3. The molecule has 1 unspecified atom stereocenters. The van der Waals surface area contributed by atoms with Gasteiger partial charge in [-0.1, -0.05) is 18.2 Å². The van der Waals surface area contributed by atoms with Crippen LogP contribution in [0, 0.1) is 5.41 Å². The van der Waals surface area contributed by atoms with Crippen LogP contribution in [0.2, 0.25) is 0 Å². The molecular weight excluding hydrogens is 467 g/mol. The largest absolute Gasteiger partial charge is 0.396 e. The van der Waals surface area contributed by atoms with E-state index in [4.69, 9.17) is 9.73 Å². The minimum absolute atomic E-state index is 0. The Labute approximate surface area is 187 Å². The molecule has 0 spiro atoms. The van der Waals surface area contributed by atoms with Crippen LogP contribution in [0.3, 0.4) is 0 Å². The van der Waals surface area contributed by atoms with Gasteiger partial charge in [-0.15, -0.1) is 24.0 Å². The average Bonchev–Trinajstić information content (AvgIpc) is 3.15. The van der Waals surface area contributed by atoms with Crippen molar-refractivity contribution in [3.8, 4) is 0 Å². The summed E-state index contributed by atoms with van der Waals surface area (Å²) in [7, 11) is 2.14. The van der Waals surface area contributed by atoms with Crippen LogP contribution >= 0.6 is 24.0 Å². The van der Waals surface area contributed by atoms with Crippen LogP contribution in [0.15, 0.2) is 35.3 Å². The van der Waals surface area contributed by atoms with E-state index in [-0.39, 0.29) is 36.0 Å². The van der Waals surface area contributed by atoms with Crippen LogP contribution in [-0.4, -0.2) is 64.1 Å². The zero-order chi connectivity index (χ0) is 19.4. The molecule has 0 radical (unpaired) electrons. The van der Waals surface area contributed by atoms with Crippen molar-refractivity contribution < 1.29 is 9.84 Å². The first-order chi connectivity index (χ1) is 13.2. The van der Waals surface area contributed by atoms with E-state index in [2.05, 4.69) is 53.8 Å². The first-order valence-corrected chi connectivity index (χ1v) is 10.2. The van der Waals surface area contributed by atoms with E-state index in [1.807, 2.05) is 6.07 Å². The summed E-state index contributed by atoms with van der Waals surface area (Å²) in [6, 6.07) is 10.5. The molecule has 1 atom stereocenters. The first kappa shape index (κ1) is 25.0. The summed E-state index contributed by atoms with van der Waals surface area (Å²) in [6.07, 6.45) is 3.94. The van der Waals surface area contributed by atoms with Crippen molar-refractivity contribution in [2.45, 2.75) is 32.6 Å². The Bertz CT molecular complexity index is 551. The molecule has 2 rings (SSSR count). The number of aliphatic hydroxyl groups is 1. The summed E-state index contributed by atoms with van der Waals surface area (Å²) in [4.78, 5) is 7.05. The van der Waals surface area contributed by atoms with Crippen LogP contribution < -0.4 is 15.5 Å². The smallest absolute Gasteiger partial charge is 0.191 e. The van der Waals surface area contributed by atoms with Crippen molar-refractivity contribution in [3.05, 3.63) is 30.3 Å². The topological polar surface area (TPSA) is 69.1 Å². The number of rotatable bonds is 11. The van der Waals surface area contributed by atoms with E-state index in [1.54, 1.807) is 0 Å². The van der Waals surface area contributed by atoms with Crippen molar-refractivity contribution >= 4 is 35.6 Å². The highest BCUT2D eigenvalue weighted by Gasteiger charge is 2.34. The molecule has 0 bridgehead atoms. The standard InChI is InChI=1S/C21H36N4O2.HI/c1-3-22-20(24-17-21(11-15-26)12-16-27-18-21)23-13-7-8-14-25(2)19-9-5-4-6-10-19;/h4-6,9-10,26H,3,7-8,11-18H2,1-2H3,(H2,22,23,24);1H. The second kappa shape index (κ2) is 14.0. The molecule has 0 aliphatic carbocycles. The lowest BCUT2D eigenvalue weighted by Gasteiger charge is -2.25. The third kappa shape index (κ3) is 8.53. The number of nitrogens with one attached hydrogen (secondary N) is 2. The number of nitrogens with zero attached hydrogens (tertiary/aromatic N) is 2. The maximum absolute atomic E-state index is 9.35. The molecule has 0 saturated carbocycles. The van der Waals surface area contributed by atoms with Gasteiger partial charge >= 0.3 is 0 Å². The van der Waals surface area contributed by atoms with Crippen LogP contribution in [0.25, 0.3) is 0 Å². The molecule has 1 fully saturated rings. The zero-order valence-electron chi connectivity index (χ0n) is 17.3. The van der Waals surface area contributed by atoms with Crippen molar-refractivity contribution in [1.82, 2.24) is 10.6 Å². The van der Waals surface area contributed by atoms with Crippen molar-refractivity contribution in [2.24, 2.45) is 10.4 Å². The molecule has 1 aliphatic heterocycles. The summed E-state index contributed by atoms with van der Waals surface area (Å²) in [5.74, 6) is 0.859. The molecule has 6 nitrogen and oxygen atoms in total. The predicted octanol–water partition coefficient (Wildman–Crippen LogP) is 2.87. The Morgan fingerprint density at radius 1 is 1.25 bits per heavy atom. The molecule has 28 heavy (non-hydrogen) atoms. The van der Waals surface area contributed by atoms with Gasteiger partial charge in [0.15, 0.2) is 5.96 Å². The molecule has 7 heteroatoms. The lowest BCUT2D eigenvalue weighted by atomic mass is 9.84. The Kier molecular flexibility index (Phi) is 12.5. The van der Waals surface area contributed by atoms with Gasteiger partial charge in [0, 0.05) is 51.0 Å². The van der Waals surface area contributed by atoms with Gasteiger partial charge in [-0.25, -0.2) is 0 Å². The third-order valence-electron chi connectivity index (χ3n) is 5.15. The maximum atomic E-state index is 9.35. The molecule has 160 valence electrons.